The Hall–Kier alpha value is -4.70. The van der Waals surface area contributed by atoms with Crippen LogP contribution in [0, 0.1) is 0 Å². The van der Waals surface area contributed by atoms with Gasteiger partial charge in [0.25, 0.3) is 0 Å². The van der Waals surface area contributed by atoms with Crippen molar-refractivity contribution in [3.05, 3.63) is 144 Å². The molecule has 0 spiro atoms. The summed E-state index contributed by atoms with van der Waals surface area (Å²) in [5.74, 6) is 0.490. The first-order valence-electron chi connectivity index (χ1n) is 12.4. The summed E-state index contributed by atoms with van der Waals surface area (Å²) in [6, 6.07) is 32.4. The Bertz CT molecular complexity index is 1510. The second-order valence-electron chi connectivity index (χ2n) is 9.55. The number of ether oxygens (including phenoxy) is 2. The maximum Gasteiger partial charge on any atom is 0.338 e. The van der Waals surface area contributed by atoms with Gasteiger partial charge in [-0.05, 0) is 77.1 Å². The van der Waals surface area contributed by atoms with Crippen LogP contribution in [0.4, 0.5) is 0 Å². The molecule has 0 bridgehead atoms. The van der Waals surface area contributed by atoms with Crippen LogP contribution in [0.5, 0.6) is 11.5 Å². The lowest BCUT2D eigenvalue weighted by atomic mass is 9.68. The van der Waals surface area contributed by atoms with Crippen molar-refractivity contribution in [3.8, 4) is 22.6 Å². The van der Waals surface area contributed by atoms with Gasteiger partial charge in [-0.15, -0.1) is 0 Å². The molecule has 0 saturated heterocycles. The number of hydrogen-bond acceptors (Lipinski definition) is 4. The third-order valence-corrected chi connectivity index (χ3v) is 6.93. The van der Waals surface area contributed by atoms with Gasteiger partial charge in [0, 0.05) is 5.57 Å². The van der Waals surface area contributed by atoms with Crippen molar-refractivity contribution >= 4 is 11.8 Å². The van der Waals surface area contributed by atoms with Gasteiger partial charge in [0.1, 0.15) is 11.5 Å². The minimum absolute atomic E-state index is 0.0458. The summed E-state index contributed by atoms with van der Waals surface area (Å²) in [4.78, 5) is 24.0. The fraction of sp³-hybridized carbons (Fsp3) is 0.118. The number of Topliss-reactive ketones (excluding diaryl/α,β-unsaturated/α-hetero) is 1. The predicted molar refractivity (Wildman–Crippen MR) is 150 cm³/mol. The molecule has 0 aromatic heterocycles. The quantitative estimate of drug-likeness (QED) is 0.130. The van der Waals surface area contributed by atoms with Crippen LogP contribution < -0.4 is 9.47 Å². The van der Waals surface area contributed by atoms with Crippen molar-refractivity contribution in [2.24, 2.45) is 0 Å². The van der Waals surface area contributed by atoms with Gasteiger partial charge in [-0.25, -0.2) is 4.79 Å². The average Bonchev–Trinajstić information content (AvgIpc) is 3.23. The lowest BCUT2D eigenvalue weighted by molar-refractivity contribution is -0.130. The lowest BCUT2D eigenvalue weighted by Gasteiger charge is -2.34. The number of hydrogen-bond donors (Lipinski definition) is 0. The molecular formula is C34H28O4. The molecule has 0 N–H and O–H groups in total. The minimum atomic E-state index is -0.601. The first kappa shape index (κ1) is 25.0. The Morgan fingerprint density at radius 1 is 0.658 bits per heavy atom. The zero-order valence-electron chi connectivity index (χ0n) is 21.5. The van der Waals surface area contributed by atoms with Gasteiger partial charge in [-0.1, -0.05) is 86.0 Å². The highest BCUT2D eigenvalue weighted by Gasteiger charge is 2.45. The highest BCUT2D eigenvalue weighted by molar-refractivity contribution is 5.95. The normalized spacial score (nSPS) is 12.7. The Morgan fingerprint density at radius 3 is 1.61 bits per heavy atom. The number of fused-ring (bicyclic) bond motifs is 3. The van der Waals surface area contributed by atoms with E-state index in [0.29, 0.717) is 22.6 Å². The van der Waals surface area contributed by atoms with Crippen LogP contribution in [0.15, 0.2) is 121 Å². The largest absolute Gasteiger partial charge is 0.485 e. The number of rotatable bonds is 8. The smallest absolute Gasteiger partial charge is 0.338 e. The van der Waals surface area contributed by atoms with Crippen molar-refractivity contribution in [1.29, 1.82) is 0 Å². The SMILES string of the molecule is C=C(C)C(=O)COc1ccc(C2(c3ccc(OC(=O)C(=C)C)cc3)c3ccccc3-c3ccccc32)cc1. The molecule has 1 aliphatic rings. The summed E-state index contributed by atoms with van der Waals surface area (Å²) >= 11 is 0. The molecule has 0 unspecified atom stereocenters. The lowest BCUT2D eigenvalue weighted by Crippen LogP contribution is -2.28. The van der Waals surface area contributed by atoms with Crippen LogP contribution in [0.25, 0.3) is 11.1 Å². The molecule has 5 rings (SSSR count). The fourth-order valence-electron chi connectivity index (χ4n) is 5.06. The first-order chi connectivity index (χ1) is 18.3. The van der Waals surface area contributed by atoms with Gasteiger partial charge in [0.05, 0.1) is 5.41 Å². The van der Waals surface area contributed by atoms with Crippen LogP contribution in [-0.2, 0) is 15.0 Å². The van der Waals surface area contributed by atoms with Crippen LogP contribution in [0.3, 0.4) is 0 Å². The fourth-order valence-corrected chi connectivity index (χ4v) is 5.06. The third kappa shape index (κ3) is 4.24. The summed E-state index contributed by atoms with van der Waals surface area (Å²) in [7, 11) is 0. The Morgan fingerprint density at radius 2 is 1.13 bits per heavy atom. The topological polar surface area (TPSA) is 52.6 Å². The highest BCUT2D eigenvalue weighted by atomic mass is 16.5. The molecule has 4 heteroatoms. The first-order valence-corrected chi connectivity index (χ1v) is 12.4. The van der Waals surface area contributed by atoms with E-state index in [0.717, 1.165) is 11.1 Å². The van der Waals surface area contributed by atoms with Crippen LogP contribution in [0.2, 0.25) is 0 Å². The van der Waals surface area contributed by atoms with Gasteiger partial charge in [-0.3, -0.25) is 4.79 Å². The van der Waals surface area contributed by atoms with Crippen molar-refractivity contribution in [2.45, 2.75) is 19.3 Å². The minimum Gasteiger partial charge on any atom is -0.485 e. The van der Waals surface area contributed by atoms with Crippen LogP contribution in [0.1, 0.15) is 36.1 Å². The molecular weight excluding hydrogens is 472 g/mol. The van der Waals surface area contributed by atoms with E-state index in [2.05, 4.69) is 73.8 Å². The van der Waals surface area contributed by atoms with Gasteiger partial charge in [-0.2, -0.15) is 0 Å². The summed E-state index contributed by atoms with van der Waals surface area (Å²) in [5.41, 5.74) is 6.99. The van der Waals surface area contributed by atoms with E-state index in [4.69, 9.17) is 9.47 Å². The molecule has 0 amide bonds. The van der Waals surface area contributed by atoms with Crippen molar-refractivity contribution in [2.75, 3.05) is 6.61 Å². The van der Waals surface area contributed by atoms with E-state index in [1.807, 2.05) is 36.4 Å². The van der Waals surface area contributed by atoms with E-state index in [1.165, 1.54) is 22.3 Å². The molecule has 0 radical (unpaired) electrons. The molecule has 0 aliphatic heterocycles. The van der Waals surface area contributed by atoms with Gasteiger partial charge < -0.3 is 9.47 Å². The van der Waals surface area contributed by atoms with Crippen molar-refractivity contribution in [1.82, 2.24) is 0 Å². The molecule has 188 valence electrons. The molecule has 4 nitrogen and oxygen atoms in total. The number of carbonyl (C=O) groups is 2. The third-order valence-electron chi connectivity index (χ3n) is 6.93. The van der Waals surface area contributed by atoms with E-state index in [9.17, 15) is 9.59 Å². The number of benzene rings is 4. The second-order valence-corrected chi connectivity index (χ2v) is 9.55. The monoisotopic (exact) mass is 500 g/mol. The van der Waals surface area contributed by atoms with Crippen molar-refractivity contribution in [3.63, 3.8) is 0 Å². The second kappa shape index (κ2) is 9.98. The predicted octanol–water partition coefficient (Wildman–Crippen LogP) is 7.06. The Kier molecular flexibility index (Phi) is 6.56. The van der Waals surface area contributed by atoms with Crippen molar-refractivity contribution < 1.29 is 19.1 Å². The average molecular weight is 501 g/mol. The molecule has 0 saturated carbocycles. The molecule has 38 heavy (non-hydrogen) atoms. The Labute approximate surface area is 222 Å². The van der Waals surface area contributed by atoms with E-state index < -0.39 is 11.4 Å². The maximum absolute atomic E-state index is 12.1. The van der Waals surface area contributed by atoms with E-state index in [-0.39, 0.29) is 12.4 Å². The zero-order valence-corrected chi connectivity index (χ0v) is 21.5. The summed E-state index contributed by atoms with van der Waals surface area (Å²) in [6.45, 7) is 10.6. The van der Waals surface area contributed by atoms with E-state index >= 15 is 0 Å². The molecule has 4 aromatic carbocycles. The molecule has 1 aliphatic carbocycles. The molecule has 0 fully saturated rings. The van der Waals surface area contributed by atoms with Gasteiger partial charge in [0.15, 0.2) is 12.4 Å². The van der Waals surface area contributed by atoms with Gasteiger partial charge in [0.2, 0.25) is 0 Å². The molecule has 4 aromatic rings. The highest BCUT2D eigenvalue weighted by Crippen LogP contribution is 2.56. The zero-order chi connectivity index (χ0) is 26.9. The maximum atomic E-state index is 12.1. The molecule has 0 heterocycles. The number of ketones is 1. The standard InChI is InChI=1S/C34H28O4/c1-22(2)32(35)21-37-26-17-13-24(14-18-26)34(25-15-19-27(20-16-25)38-33(36)23(3)4)30-11-7-5-9-28(30)29-10-6-8-12-31(29)34/h5-20H,1,3,21H2,2,4H3. The number of esters is 1. The summed E-state index contributed by atoms with van der Waals surface area (Å²) < 4.78 is 11.2. The van der Waals surface area contributed by atoms with Crippen LogP contribution >= 0.6 is 0 Å². The van der Waals surface area contributed by atoms with Crippen LogP contribution in [-0.4, -0.2) is 18.4 Å². The van der Waals surface area contributed by atoms with Gasteiger partial charge >= 0.3 is 5.97 Å². The molecule has 0 atom stereocenters. The Balaban J connectivity index is 1.64. The summed E-state index contributed by atoms with van der Waals surface area (Å²) in [5, 5.41) is 0. The summed E-state index contributed by atoms with van der Waals surface area (Å²) in [6.07, 6.45) is 0. The van der Waals surface area contributed by atoms with E-state index in [1.54, 1.807) is 13.8 Å². The number of carbonyl (C=O) groups excluding carboxylic acids is 2.